The van der Waals surface area contributed by atoms with E-state index in [1.54, 1.807) is 30.3 Å². The van der Waals surface area contributed by atoms with Crippen molar-refractivity contribution in [2.24, 2.45) is 17.8 Å². The van der Waals surface area contributed by atoms with E-state index in [2.05, 4.69) is 11.8 Å². The van der Waals surface area contributed by atoms with Gasteiger partial charge >= 0.3 is 11.9 Å². The number of carbonyl (C=O) groups is 2. The lowest BCUT2D eigenvalue weighted by Gasteiger charge is -2.21. The van der Waals surface area contributed by atoms with Gasteiger partial charge in [-0.2, -0.15) is 0 Å². The molecule has 0 spiro atoms. The van der Waals surface area contributed by atoms with E-state index in [-0.39, 0.29) is 41.9 Å². The third-order valence-electron chi connectivity index (χ3n) is 5.66. The van der Waals surface area contributed by atoms with E-state index in [0.717, 1.165) is 6.42 Å². The summed E-state index contributed by atoms with van der Waals surface area (Å²) in [5.41, 5.74) is 0.493. The molecule has 5 heteroatoms. The van der Waals surface area contributed by atoms with Crippen LogP contribution in [0.3, 0.4) is 0 Å². The summed E-state index contributed by atoms with van der Waals surface area (Å²) in [5, 5.41) is 10.5. The van der Waals surface area contributed by atoms with E-state index >= 15 is 0 Å². The molecule has 2 aliphatic rings. The highest BCUT2D eigenvalue weighted by Crippen LogP contribution is 2.43. The minimum atomic E-state index is -0.649. The first kappa shape index (κ1) is 21.1. The Morgan fingerprint density at radius 2 is 2.10 bits per heavy atom. The molecule has 6 atom stereocenters. The Kier molecular flexibility index (Phi) is 7.11. The van der Waals surface area contributed by atoms with Gasteiger partial charge in [-0.3, -0.25) is 4.79 Å². The van der Waals surface area contributed by atoms with Crippen LogP contribution in [0.5, 0.6) is 0 Å². The summed E-state index contributed by atoms with van der Waals surface area (Å²) in [7, 11) is 0. The highest BCUT2D eigenvalue weighted by molar-refractivity contribution is 5.89. The lowest BCUT2D eigenvalue weighted by molar-refractivity contribution is -0.141. The number of ether oxygens (including phenoxy) is 2. The molecule has 1 saturated heterocycles. The number of aliphatic hydroxyl groups is 1. The normalized spacial score (nSPS) is 27.6. The van der Waals surface area contributed by atoms with Crippen molar-refractivity contribution in [2.75, 3.05) is 0 Å². The summed E-state index contributed by atoms with van der Waals surface area (Å²) in [6.07, 6.45) is 4.58. The van der Waals surface area contributed by atoms with Gasteiger partial charge in [0, 0.05) is 31.1 Å². The molecule has 1 saturated carbocycles. The van der Waals surface area contributed by atoms with Crippen LogP contribution in [-0.4, -0.2) is 35.4 Å². The van der Waals surface area contributed by atoms with Gasteiger partial charge in [0.05, 0.1) is 18.1 Å². The van der Waals surface area contributed by atoms with Crippen LogP contribution >= 0.6 is 0 Å². The van der Waals surface area contributed by atoms with Crippen LogP contribution in [0.4, 0.5) is 0 Å². The minimum Gasteiger partial charge on any atom is -0.462 e. The topological polar surface area (TPSA) is 72.8 Å². The van der Waals surface area contributed by atoms with Gasteiger partial charge in [0.25, 0.3) is 0 Å². The van der Waals surface area contributed by atoms with Crippen molar-refractivity contribution >= 4 is 11.9 Å². The Bertz CT molecular complexity index is 804. The van der Waals surface area contributed by atoms with Crippen LogP contribution in [0.2, 0.25) is 0 Å². The predicted octanol–water partition coefficient (Wildman–Crippen LogP) is 3.52. The largest absolute Gasteiger partial charge is 0.462 e. The molecule has 0 bridgehead atoms. The average molecular weight is 396 g/mol. The molecule has 1 aliphatic carbocycles. The maximum Gasteiger partial charge on any atom is 0.338 e. The maximum absolute atomic E-state index is 12.5. The third kappa shape index (κ3) is 5.27. The van der Waals surface area contributed by atoms with Crippen molar-refractivity contribution in [1.82, 2.24) is 0 Å². The number of hydrogen-bond donors (Lipinski definition) is 1. The molecule has 2 fully saturated rings. The lowest BCUT2D eigenvalue weighted by atomic mass is 9.90. The monoisotopic (exact) mass is 396 g/mol. The van der Waals surface area contributed by atoms with Crippen molar-refractivity contribution in [1.29, 1.82) is 0 Å². The Morgan fingerprint density at radius 3 is 2.83 bits per heavy atom. The molecule has 29 heavy (non-hydrogen) atoms. The molecule has 1 aliphatic heterocycles. The molecule has 1 aromatic rings. The van der Waals surface area contributed by atoms with Gasteiger partial charge in [0.1, 0.15) is 12.2 Å². The molecule has 0 unspecified atom stereocenters. The van der Waals surface area contributed by atoms with Gasteiger partial charge in [-0.05, 0) is 18.1 Å². The molecule has 5 nitrogen and oxygen atoms in total. The van der Waals surface area contributed by atoms with Gasteiger partial charge < -0.3 is 14.6 Å². The first-order chi connectivity index (χ1) is 14.0. The first-order valence-corrected chi connectivity index (χ1v) is 10.3. The summed E-state index contributed by atoms with van der Waals surface area (Å²) in [5.74, 6) is 5.28. The van der Waals surface area contributed by atoms with Gasteiger partial charge in [-0.1, -0.05) is 44.2 Å². The number of benzene rings is 1. The summed E-state index contributed by atoms with van der Waals surface area (Å²) in [6.45, 7) is 3.94. The fraction of sp³-hybridized carbons (Fsp3) is 0.500. The molecular formula is C24H28O5. The highest BCUT2D eigenvalue weighted by atomic mass is 16.6. The van der Waals surface area contributed by atoms with Crippen LogP contribution in [0.15, 0.2) is 42.5 Å². The lowest BCUT2D eigenvalue weighted by Crippen LogP contribution is -2.25. The van der Waals surface area contributed by atoms with Crippen LogP contribution in [-0.2, 0) is 14.3 Å². The quantitative estimate of drug-likeness (QED) is 0.452. The van der Waals surface area contributed by atoms with Gasteiger partial charge in [-0.25, -0.2) is 4.79 Å². The van der Waals surface area contributed by atoms with E-state index in [4.69, 9.17) is 9.47 Å². The number of carbonyl (C=O) groups excluding carboxylic acids is 2. The summed E-state index contributed by atoms with van der Waals surface area (Å²) in [6, 6.07) is 8.85. The maximum atomic E-state index is 12.5. The summed E-state index contributed by atoms with van der Waals surface area (Å²) in [4.78, 5) is 24.2. The van der Waals surface area contributed by atoms with Crippen LogP contribution in [0, 0.1) is 29.6 Å². The second-order valence-electron chi connectivity index (χ2n) is 7.78. The molecule has 3 rings (SSSR count). The average Bonchev–Trinajstić information content (AvgIpc) is 3.22. The van der Waals surface area contributed by atoms with Crippen molar-refractivity contribution < 1.29 is 24.2 Å². The molecular weight excluding hydrogens is 368 g/mol. The fourth-order valence-corrected chi connectivity index (χ4v) is 3.98. The Hall–Kier alpha value is -2.58. The second-order valence-corrected chi connectivity index (χ2v) is 7.78. The molecule has 1 heterocycles. The summed E-state index contributed by atoms with van der Waals surface area (Å²) < 4.78 is 11.2. The number of aliphatic hydroxyl groups excluding tert-OH is 1. The van der Waals surface area contributed by atoms with E-state index < -0.39 is 6.10 Å². The molecule has 154 valence electrons. The molecule has 0 amide bonds. The smallest absolute Gasteiger partial charge is 0.338 e. The zero-order chi connectivity index (χ0) is 20.8. The van der Waals surface area contributed by atoms with Crippen LogP contribution in [0.25, 0.3) is 0 Å². The summed E-state index contributed by atoms with van der Waals surface area (Å²) >= 11 is 0. The third-order valence-corrected chi connectivity index (χ3v) is 5.66. The van der Waals surface area contributed by atoms with Crippen molar-refractivity contribution in [3.8, 4) is 11.8 Å². The number of hydrogen-bond acceptors (Lipinski definition) is 5. The zero-order valence-corrected chi connectivity index (χ0v) is 16.9. The Morgan fingerprint density at radius 1 is 1.34 bits per heavy atom. The molecule has 1 N–H and O–H groups in total. The van der Waals surface area contributed by atoms with E-state index in [1.807, 2.05) is 26.0 Å². The zero-order valence-electron chi connectivity index (χ0n) is 16.9. The highest BCUT2D eigenvalue weighted by Gasteiger charge is 2.50. The minimum absolute atomic E-state index is 0.00530. The SMILES string of the molecule is CCC#CC[C@H](C)[C@H](O)/C=C/[C@@H]1[C@H]2CC(=O)O[C@H]2C[C@H]1OC(=O)c1ccccc1. The van der Waals surface area contributed by atoms with Gasteiger partial charge in [0.15, 0.2) is 0 Å². The number of rotatable bonds is 6. The number of fused-ring (bicyclic) bond motifs is 1. The van der Waals surface area contributed by atoms with Gasteiger partial charge in [-0.15, -0.1) is 11.8 Å². The van der Waals surface area contributed by atoms with Crippen molar-refractivity contribution in [3.05, 3.63) is 48.0 Å². The molecule has 0 radical (unpaired) electrons. The van der Waals surface area contributed by atoms with E-state index in [0.29, 0.717) is 24.8 Å². The van der Waals surface area contributed by atoms with Crippen molar-refractivity contribution in [3.63, 3.8) is 0 Å². The standard InChI is InChI=1S/C24H28O5/c1-3-4-6-9-16(2)20(25)13-12-18-19-14-23(26)28-22(19)15-21(18)29-24(27)17-10-7-5-8-11-17/h5,7-8,10-13,16,18-22,25H,3,9,14-15H2,1-2H3/b13-12+/t16-,18+,19+,20+,21+,22-/m0/s1. The van der Waals surface area contributed by atoms with E-state index in [9.17, 15) is 14.7 Å². The molecule has 0 aromatic heterocycles. The number of esters is 2. The fourth-order valence-electron chi connectivity index (χ4n) is 3.98. The van der Waals surface area contributed by atoms with Crippen LogP contribution in [0.1, 0.15) is 49.9 Å². The second kappa shape index (κ2) is 9.76. The van der Waals surface area contributed by atoms with Crippen molar-refractivity contribution in [2.45, 2.75) is 57.8 Å². The Balaban J connectivity index is 1.69. The van der Waals surface area contributed by atoms with E-state index in [1.165, 1.54) is 0 Å². The Labute approximate surface area is 172 Å². The first-order valence-electron chi connectivity index (χ1n) is 10.3. The molecule has 1 aromatic carbocycles. The predicted molar refractivity (Wildman–Crippen MR) is 109 cm³/mol. The van der Waals surface area contributed by atoms with Crippen LogP contribution < -0.4 is 0 Å². The van der Waals surface area contributed by atoms with Gasteiger partial charge in [0.2, 0.25) is 0 Å².